The summed E-state index contributed by atoms with van der Waals surface area (Å²) in [6.45, 7) is 10.3. The molecule has 0 saturated carbocycles. The second-order valence-electron chi connectivity index (χ2n) is 6.87. The number of Topliss-reactive ketones (excluding diaryl/α,β-unsaturated/α-hetero) is 1. The third-order valence-electron chi connectivity index (χ3n) is 4.34. The molecule has 0 aliphatic carbocycles. The van der Waals surface area contributed by atoms with Crippen molar-refractivity contribution >= 4 is 34.8 Å². The van der Waals surface area contributed by atoms with E-state index in [1.807, 2.05) is 20.8 Å². The summed E-state index contributed by atoms with van der Waals surface area (Å²) in [5.74, 6) is 0.612. The van der Waals surface area contributed by atoms with Crippen LogP contribution in [0.2, 0.25) is 0 Å². The number of azo groups is 1. The first-order valence-corrected chi connectivity index (χ1v) is 11.4. The van der Waals surface area contributed by atoms with Crippen LogP contribution in [0.25, 0.3) is 0 Å². The number of ketones is 1. The number of hydrogen-bond donors (Lipinski definition) is 0. The van der Waals surface area contributed by atoms with E-state index in [-0.39, 0.29) is 5.69 Å². The molecule has 2 aromatic rings. The molecule has 0 radical (unpaired) electrons. The Kier molecular flexibility index (Phi) is 10.6. The zero-order valence-corrected chi connectivity index (χ0v) is 20.8. The molecule has 0 heterocycles. The van der Waals surface area contributed by atoms with Crippen LogP contribution in [-0.2, 0) is 9.59 Å². The monoisotopic (exact) mass is 491 g/mol. The third-order valence-corrected chi connectivity index (χ3v) is 4.69. The van der Waals surface area contributed by atoms with Gasteiger partial charge in [0.05, 0.1) is 32.1 Å². The van der Waals surface area contributed by atoms with E-state index in [9.17, 15) is 9.59 Å². The van der Waals surface area contributed by atoms with Crippen LogP contribution in [0.1, 0.15) is 34.6 Å². The zero-order valence-electron chi connectivity index (χ0n) is 20.0. The van der Waals surface area contributed by atoms with Crippen LogP contribution >= 0.6 is 11.8 Å². The van der Waals surface area contributed by atoms with Crippen molar-refractivity contribution in [2.24, 2.45) is 10.2 Å². The average Bonchev–Trinajstić information content (AvgIpc) is 2.80. The van der Waals surface area contributed by atoms with Crippen molar-refractivity contribution in [3.63, 3.8) is 0 Å². The maximum absolute atomic E-state index is 13.1. The maximum atomic E-state index is 13.1. The van der Waals surface area contributed by atoms with Crippen molar-refractivity contribution in [1.29, 1.82) is 0 Å². The van der Waals surface area contributed by atoms with E-state index in [1.54, 1.807) is 43.3 Å². The van der Waals surface area contributed by atoms with E-state index in [0.717, 1.165) is 4.42 Å². The van der Waals surface area contributed by atoms with Crippen molar-refractivity contribution in [1.82, 2.24) is 0 Å². The minimum absolute atomic E-state index is 0.234. The summed E-state index contributed by atoms with van der Waals surface area (Å²) in [5.41, 5.74) is 0.598. The molecule has 0 saturated heterocycles. The molecule has 10 heteroatoms. The van der Waals surface area contributed by atoms with Gasteiger partial charge in [0.2, 0.25) is 6.04 Å². The molecule has 0 fully saturated rings. The topological polar surface area (TPSA) is 99.0 Å². The largest absolute Gasteiger partial charge is 0.494 e. The minimum atomic E-state index is -1.46. The first-order valence-electron chi connectivity index (χ1n) is 11.1. The average molecular weight is 492 g/mol. The molecule has 1 amide bonds. The smallest absolute Gasteiger partial charge is 0.276 e. The molecule has 34 heavy (non-hydrogen) atoms. The van der Waals surface area contributed by atoms with Gasteiger partial charge in [-0.25, -0.2) is 4.42 Å². The van der Waals surface area contributed by atoms with Gasteiger partial charge in [-0.05, 0) is 46.8 Å². The summed E-state index contributed by atoms with van der Waals surface area (Å²) in [6, 6.07) is 8.44. The number of hydrogen-bond acceptors (Lipinski definition) is 8. The molecule has 1 atom stereocenters. The molecule has 0 spiro atoms. The van der Waals surface area contributed by atoms with Crippen LogP contribution in [-0.4, -0.2) is 44.2 Å². The number of benzene rings is 2. The van der Waals surface area contributed by atoms with E-state index in [0.29, 0.717) is 55.1 Å². The fraction of sp³-hybridized carbons (Fsp3) is 0.417. The Bertz CT molecular complexity index is 990. The van der Waals surface area contributed by atoms with E-state index >= 15 is 0 Å². The van der Waals surface area contributed by atoms with Crippen molar-refractivity contribution in [2.75, 3.05) is 30.8 Å². The lowest BCUT2D eigenvalue weighted by atomic mass is 10.2. The second-order valence-corrected chi connectivity index (χ2v) is 7.21. The number of carbonyl (C=O) groups excluding carboxylic acids is 2. The molecule has 2 aromatic carbocycles. The molecule has 0 bridgehead atoms. The number of halogens is 1. The lowest BCUT2D eigenvalue weighted by molar-refractivity contribution is -0.126. The van der Waals surface area contributed by atoms with Gasteiger partial charge in [0.25, 0.3) is 5.91 Å². The fourth-order valence-electron chi connectivity index (χ4n) is 2.95. The molecule has 0 N–H and O–H groups in total. The molecule has 0 aliphatic heterocycles. The van der Waals surface area contributed by atoms with Crippen LogP contribution < -0.4 is 23.4 Å². The van der Waals surface area contributed by atoms with Crippen LogP contribution in [0.15, 0.2) is 46.6 Å². The summed E-state index contributed by atoms with van der Waals surface area (Å²) >= 11 is 6.38. The number of carbonyl (C=O) groups is 2. The Balaban J connectivity index is 2.37. The van der Waals surface area contributed by atoms with Crippen LogP contribution in [0.5, 0.6) is 23.0 Å². The Labute approximate surface area is 204 Å². The van der Waals surface area contributed by atoms with Gasteiger partial charge in [0, 0.05) is 36.0 Å². The summed E-state index contributed by atoms with van der Waals surface area (Å²) in [5, 5.41) is 8.09. The Morgan fingerprint density at radius 3 is 1.94 bits per heavy atom. The van der Waals surface area contributed by atoms with E-state index in [1.165, 1.54) is 6.92 Å². The molecule has 9 nitrogen and oxygen atoms in total. The first-order chi connectivity index (χ1) is 16.3. The van der Waals surface area contributed by atoms with Gasteiger partial charge < -0.3 is 18.9 Å². The van der Waals surface area contributed by atoms with Gasteiger partial charge >= 0.3 is 0 Å². The van der Waals surface area contributed by atoms with Crippen molar-refractivity contribution in [2.45, 2.75) is 40.7 Å². The van der Waals surface area contributed by atoms with E-state index in [2.05, 4.69) is 10.2 Å². The minimum Gasteiger partial charge on any atom is -0.494 e. The number of rotatable bonds is 13. The highest BCUT2D eigenvalue weighted by Gasteiger charge is 2.30. The van der Waals surface area contributed by atoms with E-state index in [4.69, 9.17) is 30.7 Å². The van der Waals surface area contributed by atoms with Crippen molar-refractivity contribution in [3.8, 4) is 23.0 Å². The summed E-state index contributed by atoms with van der Waals surface area (Å²) in [4.78, 5) is 25.4. The predicted molar refractivity (Wildman–Crippen MR) is 130 cm³/mol. The molecule has 1 unspecified atom stereocenters. The summed E-state index contributed by atoms with van der Waals surface area (Å²) in [7, 11) is 0. The number of amides is 1. The Morgan fingerprint density at radius 2 is 1.41 bits per heavy atom. The lowest BCUT2D eigenvalue weighted by Gasteiger charge is -2.20. The van der Waals surface area contributed by atoms with Crippen LogP contribution in [0, 0.1) is 0 Å². The Morgan fingerprint density at radius 1 is 0.853 bits per heavy atom. The van der Waals surface area contributed by atoms with Crippen molar-refractivity contribution < 1.29 is 28.5 Å². The second kappa shape index (κ2) is 13.4. The summed E-state index contributed by atoms with van der Waals surface area (Å²) < 4.78 is 22.9. The van der Waals surface area contributed by atoms with Gasteiger partial charge in [0.1, 0.15) is 28.7 Å². The number of nitrogens with zero attached hydrogens (tertiary/aromatic N) is 3. The van der Waals surface area contributed by atoms with Crippen LogP contribution in [0.3, 0.4) is 0 Å². The molecular weight excluding hydrogens is 462 g/mol. The Hall–Kier alpha value is -3.33. The standard InChI is InChI=1S/C24H30ClN3O6/c1-6-31-18-10-11-22(34-9-4)21(15-18)28(25)24(30)23(16(5)29)27-26-17-12-19(32-7-2)14-20(13-17)33-8-3/h10-15,23H,6-9H2,1-5H3. The molecule has 0 aromatic heterocycles. The molecule has 0 aliphatic rings. The highest BCUT2D eigenvalue weighted by atomic mass is 35.5. The quantitative estimate of drug-likeness (QED) is 0.208. The molecule has 184 valence electrons. The number of anilines is 1. The fourth-order valence-corrected chi connectivity index (χ4v) is 3.18. The van der Waals surface area contributed by atoms with Gasteiger partial charge in [-0.1, -0.05) is 0 Å². The first kappa shape index (κ1) is 26.9. The zero-order chi connectivity index (χ0) is 25.1. The van der Waals surface area contributed by atoms with Gasteiger partial charge in [-0.15, -0.1) is 0 Å². The highest BCUT2D eigenvalue weighted by Crippen LogP contribution is 2.35. The normalized spacial score (nSPS) is 11.7. The molecule has 2 rings (SSSR count). The lowest BCUT2D eigenvalue weighted by Crippen LogP contribution is -2.36. The maximum Gasteiger partial charge on any atom is 0.276 e. The highest BCUT2D eigenvalue weighted by molar-refractivity contribution is 6.39. The van der Waals surface area contributed by atoms with Gasteiger partial charge in [0.15, 0.2) is 5.78 Å². The third kappa shape index (κ3) is 7.34. The van der Waals surface area contributed by atoms with E-state index < -0.39 is 17.7 Å². The molecular formula is C24H30ClN3O6. The summed E-state index contributed by atoms with van der Waals surface area (Å²) in [6.07, 6.45) is 0. The van der Waals surface area contributed by atoms with Gasteiger partial charge in [-0.3, -0.25) is 9.59 Å². The number of ether oxygens (including phenoxy) is 4. The predicted octanol–water partition coefficient (Wildman–Crippen LogP) is 5.51. The van der Waals surface area contributed by atoms with Crippen LogP contribution in [0.4, 0.5) is 11.4 Å². The van der Waals surface area contributed by atoms with Gasteiger partial charge in [-0.2, -0.15) is 10.2 Å². The SMILES string of the molecule is CCOc1cc(N=NC(C(C)=O)C(=O)N(Cl)c2cc(OCC)ccc2OCC)cc(OCC)c1. The van der Waals surface area contributed by atoms with Crippen molar-refractivity contribution in [3.05, 3.63) is 36.4 Å².